The van der Waals surface area contributed by atoms with Gasteiger partial charge in [0.05, 0.1) is 22.7 Å². The number of carbonyl (C=O) groups is 1. The van der Waals surface area contributed by atoms with E-state index in [1.807, 2.05) is 18.2 Å². The first-order valence-corrected chi connectivity index (χ1v) is 16.4. The zero-order valence-electron chi connectivity index (χ0n) is 23.6. The number of hydrogen-bond donors (Lipinski definition) is 2. The summed E-state index contributed by atoms with van der Waals surface area (Å²) in [5.41, 5.74) is 3.81. The Kier molecular flexibility index (Phi) is 8.09. The molecule has 2 fully saturated rings. The Morgan fingerprint density at radius 3 is 2.42 bits per heavy atom. The maximum absolute atomic E-state index is 12.3. The minimum Gasteiger partial charge on any atom is -0.489 e. The standard InChI is InChI=1S/C31H27Cl3N2O6S/c32-25-2-1-3-26(33)28(25)29-24(30(42-36-29)18-6-7-18)16-41-20-10-11-21(27(34)14-20)23-15-22(23)17-4-8-19(9-5-17)31(37)35-12-13-43(38,39)40/h1-5,8-11,14,18,22-23H,6-7,12-13,15-16H2,(H,35,37)(H,38,39,40)/i16D. The van der Waals surface area contributed by atoms with Gasteiger partial charge in [0, 0.05) is 28.6 Å². The van der Waals surface area contributed by atoms with Crippen molar-refractivity contribution in [2.75, 3.05) is 12.3 Å². The molecule has 4 aromatic rings. The van der Waals surface area contributed by atoms with Crippen molar-refractivity contribution in [2.45, 2.75) is 43.6 Å². The lowest BCUT2D eigenvalue weighted by Gasteiger charge is -2.11. The molecule has 0 spiro atoms. The molecule has 2 N–H and O–H groups in total. The van der Waals surface area contributed by atoms with Crippen LogP contribution in [0.25, 0.3) is 11.3 Å². The maximum Gasteiger partial charge on any atom is 0.266 e. The van der Waals surface area contributed by atoms with Crippen molar-refractivity contribution < 1.29 is 28.4 Å². The fourth-order valence-electron chi connectivity index (χ4n) is 5.16. The number of amides is 1. The van der Waals surface area contributed by atoms with Crippen molar-refractivity contribution in [2.24, 2.45) is 0 Å². The molecule has 6 rings (SSSR count). The second kappa shape index (κ2) is 12.1. The Bertz CT molecular complexity index is 1810. The largest absolute Gasteiger partial charge is 0.489 e. The van der Waals surface area contributed by atoms with Crippen molar-refractivity contribution in [3.05, 3.63) is 104 Å². The van der Waals surface area contributed by atoms with Gasteiger partial charge in [-0.25, -0.2) is 0 Å². The molecule has 1 heterocycles. The van der Waals surface area contributed by atoms with E-state index in [9.17, 15) is 13.2 Å². The SMILES string of the molecule is [2H]C(Oc1ccc(C2CC2c2ccc(C(=O)NCCS(=O)(=O)O)cc2)c(Cl)c1)c1c(-c2c(Cl)cccc2Cl)noc1C1CC1. The van der Waals surface area contributed by atoms with Crippen LogP contribution in [0.1, 0.15) is 71.2 Å². The van der Waals surface area contributed by atoms with Crippen molar-refractivity contribution >= 4 is 50.8 Å². The lowest BCUT2D eigenvalue weighted by Crippen LogP contribution is -2.28. The molecule has 3 atom stereocenters. The second-order valence-electron chi connectivity index (χ2n) is 10.7. The maximum atomic E-state index is 12.3. The van der Waals surface area contributed by atoms with Crippen LogP contribution in [0.3, 0.4) is 0 Å². The third kappa shape index (κ3) is 6.86. The molecular formula is C31H27Cl3N2O6S. The van der Waals surface area contributed by atoms with E-state index in [0.717, 1.165) is 30.4 Å². The molecule has 3 unspecified atom stereocenters. The van der Waals surface area contributed by atoms with Crippen LogP contribution < -0.4 is 10.1 Å². The van der Waals surface area contributed by atoms with Crippen LogP contribution in [0.2, 0.25) is 15.1 Å². The van der Waals surface area contributed by atoms with E-state index in [2.05, 4.69) is 10.5 Å². The molecule has 0 bridgehead atoms. The number of nitrogens with one attached hydrogen (secondary N) is 1. The Morgan fingerprint density at radius 1 is 1.05 bits per heavy atom. The molecule has 1 aromatic heterocycles. The average molecular weight is 663 g/mol. The van der Waals surface area contributed by atoms with Gasteiger partial charge in [-0.05, 0) is 78.6 Å². The molecule has 224 valence electrons. The first-order chi connectivity index (χ1) is 21.0. The monoisotopic (exact) mass is 661 g/mol. The fraction of sp³-hybridized carbons (Fsp3) is 0.290. The number of carbonyl (C=O) groups excluding carboxylic acids is 1. The lowest BCUT2D eigenvalue weighted by atomic mass is 10.0. The van der Waals surface area contributed by atoms with Crippen LogP contribution in [0, 0.1) is 0 Å². The minimum atomic E-state index is -4.14. The molecular weight excluding hydrogens is 635 g/mol. The van der Waals surface area contributed by atoms with Gasteiger partial charge in [0.1, 0.15) is 23.8 Å². The number of benzene rings is 3. The summed E-state index contributed by atoms with van der Waals surface area (Å²) in [4.78, 5) is 12.3. The Labute approximate surface area is 265 Å². The van der Waals surface area contributed by atoms with Gasteiger partial charge >= 0.3 is 0 Å². The van der Waals surface area contributed by atoms with Gasteiger partial charge in [-0.3, -0.25) is 9.35 Å². The summed E-state index contributed by atoms with van der Waals surface area (Å²) in [5, 5.41) is 8.06. The summed E-state index contributed by atoms with van der Waals surface area (Å²) in [7, 11) is -4.14. The number of ether oxygens (including phenoxy) is 1. The first-order valence-electron chi connectivity index (χ1n) is 14.2. The smallest absolute Gasteiger partial charge is 0.266 e. The van der Waals surface area contributed by atoms with Gasteiger partial charge in [-0.2, -0.15) is 8.42 Å². The van der Waals surface area contributed by atoms with Gasteiger partial charge in [0.25, 0.3) is 16.0 Å². The van der Waals surface area contributed by atoms with Crippen LogP contribution in [-0.4, -0.2) is 36.3 Å². The number of aromatic nitrogens is 1. The normalized spacial score (nSPS) is 19.0. The van der Waals surface area contributed by atoms with Crippen molar-refractivity contribution in [1.82, 2.24) is 10.5 Å². The molecule has 12 heteroatoms. The molecule has 0 aliphatic heterocycles. The van der Waals surface area contributed by atoms with Gasteiger partial charge in [-0.15, -0.1) is 0 Å². The van der Waals surface area contributed by atoms with Crippen LogP contribution in [-0.2, 0) is 16.7 Å². The molecule has 2 saturated carbocycles. The van der Waals surface area contributed by atoms with E-state index in [1.165, 1.54) is 0 Å². The van der Waals surface area contributed by atoms with E-state index >= 15 is 0 Å². The molecule has 3 aromatic carbocycles. The highest BCUT2D eigenvalue weighted by molar-refractivity contribution is 7.85. The highest BCUT2D eigenvalue weighted by Crippen LogP contribution is 2.56. The molecule has 0 saturated heterocycles. The summed E-state index contributed by atoms with van der Waals surface area (Å²) in [6, 6.07) is 17.7. The summed E-state index contributed by atoms with van der Waals surface area (Å²) in [6.07, 6.45) is 2.77. The summed E-state index contributed by atoms with van der Waals surface area (Å²) in [6.45, 7) is -1.33. The second-order valence-corrected chi connectivity index (χ2v) is 13.5. The number of hydrogen-bond acceptors (Lipinski definition) is 6. The van der Waals surface area contributed by atoms with Crippen LogP contribution in [0.5, 0.6) is 5.75 Å². The van der Waals surface area contributed by atoms with Crippen LogP contribution in [0.15, 0.2) is 65.2 Å². The minimum absolute atomic E-state index is 0.176. The van der Waals surface area contributed by atoms with E-state index < -0.39 is 28.4 Å². The van der Waals surface area contributed by atoms with Crippen molar-refractivity contribution in [3.8, 4) is 17.0 Å². The summed E-state index contributed by atoms with van der Waals surface area (Å²) in [5.74, 6) is 0.660. The van der Waals surface area contributed by atoms with Crippen molar-refractivity contribution in [1.29, 1.82) is 0 Å². The summed E-state index contributed by atoms with van der Waals surface area (Å²) < 4.78 is 51.2. The van der Waals surface area contributed by atoms with Gasteiger partial charge in [0.15, 0.2) is 0 Å². The highest BCUT2D eigenvalue weighted by Gasteiger charge is 2.40. The molecule has 0 radical (unpaired) electrons. The number of rotatable bonds is 11. The zero-order valence-corrected chi connectivity index (χ0v) is 25.7. The van der Waals surface area contributed by atoms with E-state index in [1.54, 1.807) is 42.5 Å². The molecule has 1 amide bonds. The van der Waals surface area contributed by atoms with E-state index in [4.69, 9.17) is 50.0 Å². The zero-order chi connectivity index (χ0) is 31.2. The van der Waals surface area contributed by atoms with Crippen LogP contribution in [0.4, 0.5) is 0 Å². The van der Waals surface area contributed by atoms with Gasteiger partial charge in [-0.1, -0.05) is 64.2 Å². The third-order valence-electron chi connectivity index (χ3n) is 7.62. The first kappa shape index (κ1) is 28.7. The average Bonchev–Trinajstić information content (AvgIpc) is 3.90. The lowest BCUT2D eigenvalue weighted by molar-refractivity contribution is 0.0956. The molecule has 2 aliphatic carbocycles. The highest BCUT2D eigenvalue weighted by atomic mass is 35.5. The van der Waals surface area contributed by atoms with E-state index in [0.29, 0.717) is 49.0 Å². The van der Waals surface area contributed by atoms with Gasteiger partial charge < -0.3 is 14.6 Å². The Balaban J connectivity index is 1.13. The van der Waals surface area contributed by atoms with Crippen molar-refractivity contribution in [3.63, 3.8) is 0 Å². The third-order valence-corrected chi connectivity index (χ3v) is 9.30. The predicted octanol–water partition coefficient (Wildman–Crippen LogP) is 7.65. The number of halogens is 3. The molecule has 8 nitrogen and oxygen atoms in total. The molecule has 2 aliphatic rings. The van der Waals surface area contributed by atoms with E-state index in [-0.39, 0.29) is 24.3 Å². The quantitative estimate of drug-likeness (QED) is 0.158. The van der Waals surface area contributed by atoms with Crippen LogP contribution >= 0.6 is 34.8 Å². The number of nitrogens with zero attached hydrogens (tertiary/aromatic N) is 1. The summed E-state index contributed by atoms with van der Waals surface area (Å²) >= 11 is 19.6. The Morgan fingerprint density at radius 2 is 1.77 bits per heavy atom. The fourth-order valence-corrected chi connectivity index (χ4v) is 6.41. The van der Waals surface area contributed by atoms with Gasteiger partial charge in [0.2, 0.25) is 0 Å². The Hall–Kier alpha value is -3.08. The topological polar surface area (TPSA) is 119 Å². The molecule has 43 heavy (non-hydrogen) atoms. The predicted molar refractivity (Wildman–Crippen MR) is 165 cm³/mol.